The highest BCUT2D eigenvalue weighted by Crippen LogP contribution is 2.31. The molecule has 3 heterocycles. The van der Waals surface area contributed by atoms with Gasteiger partial charge in [0.15, 0.2) is 0 Å². The average molecular weight is 477 g/mol. The van der Waals surface area contributed by atoms with Crippen LogP contribution in [0.15, 0.2) is 29.2 Å². The van der Waals surface area contributed by atoms with Gasteiger partial charge in [-0.05, 0) is 41.6 Å². The van der Waals surface area contributed by atoms with Crippen LogP contribution in [0.25, 0.3) is 11.7 Å². The molecule has 1 aliphatic carbocycles. The smallest absolute Gasteiger partial charge is 0.421 e. The first-order chi connectivity index (χ1) is 16.2. The van der Waals surface area contributed by atoms with Gasteiger partial charge in [0.1, 0.15) is 11.5 Å². The molecule has 0 bridgehead atoms. The summed E-state index contributed by atoms with van der Waals surface area (Å²) in [6.07, 6.45) is 0.0800. The molecule has 0 atom stereocenters. The number of imidazole rings is 1. The normalized spacial score (nSPS) is 15.4. The lowest BCUT2D eigenvalue weighted by Crippen LogP contribution is -2.80. The number of hydrogen-bond donors (Lipinski definition) is 5. The molecule has 0 spiro atoms. The zero-order valence-corrected chi connectivity index (χ0v) is 17.2. The summed E-state index contributed by atoms with van der Waals surface area (Å²) in [5.41, 5.74) is -0.820. The van der Waals surface area contributed by atoms with Gasteiger partial charge in [-0.3, -0.25) is 9.98 Å². The summed E-state index contributed by atoms with van der Waals surface area (Å²) in [7, 11) is 0. The van der Waals surface area contributed by atoms with Crippen molar-refractivity contribution in [3.05, 3.63) is 68.4 Å². The van der Waals surface area contributed by atoms with E-state index in [1.165, 1.54) is 22.9 Å². The van der Waals surface area contributed by atoms with Gasteiger partial charge in [0.05, 0.1) is 23.0 Å². The Hall–Kier alpha value is -4.23. The highest BCUT2D eigenvalue weighted by molar-refractivity contribution is 5.57. The lowest BCUT2D eigenvalue weighted by molar-refractivity contribution is -0.523. The summed E-state index contributed by atoms with van der Waals surface area (Å²) in [5.74, 6) is -1.59. The monoisotopic (exact) mass is 477 g/mol. The zero-order valence-electron chi connectivity index (χ0n) is 17.2. The molecule has 1 aromatic carbocycles. The van der Waals surface area contributed by atoms with E-state index in [0.29, 0.717) is 22.6 Å². The van der Waals surface area contributed by atoms with Gasteiger partial charge in [0.2, 0.25) is 11.5 Å². The molecule has 0 amide bonds. The third-order valence-corrected chi connectivity index (χ3v) is 5.13. The maximum atomic E-state index is 13.9. The predicted octanol–water partition coefficient (Wildman–Crippen LogP) is -0.692. The molecule has 3 aromatic heterocycles. The van der Waals surface area contributed by atoms with E-state index in [1.807, 2.05) is 0 Å². The molecule has 176 valence electrons. The molecule has 4 aromatic rings. The van der Waals surface area contributed by atoms with Crippen LogP contribution >= 0.6 is 0 Å². The third-order valence-electron chi connectivity index (χ3n) is 5.13. The van der Waals surface area contributed by atoms with E-state index >= 15 is 0 Å². The van der Waals surface area contributed by atoms with E-state index < -0.39 is 23.2 Å². The zero-order chi connectivity index (χ0) is 24.0. The van der Waals surface area contributed by atoms with Crippen molar-refractivity contribution >= 4 is 17.7 Å². The second-order valence-electron chi connectivity index (χ2n) is 7.78. The highest BCUT2D eigenvalue weighted by atomic mass is 19.4. The molecule has 34 heavy (non-hydrogen) atoms. The number of alkyl halides is 3. The summed E-state index contributed by atoms with van der Waals surface area (Å²) in [5, 5.41) is 17.4. The number of halogens is 4. The number of H-pyrrole nitrogens is 2. The lowest BCUT2D eigenvalue weighted by atomic mass is 10.1. The first-order valence-electron chi connectivity index (χ1n) is 10.1. The molecule has 10 nitrogen and oxygen atoms in total. The molecule has 0 unspecified atom stereocenters. The van der Waals surface area contributed by atoms with Crippen molar-refractivity contribution in [3.63, 3.8) is 0 Å². The number of benzene rings is 1. The minimum Gasteiger partial charge on any atom is -0.493 e. The molecular formula is C20H17F4N8O2+. The van der Waals surface area contributed by atoms with Gasteiger partial charge in [0, 0.05) is 6.54 Å². The van der Waals surface area contributed by atoms with E-state index in [0.717, 1.165) is 18.9 Å². The average Bonchev–Trinajstić information content (AvgIpc) is 3.40. The molecule has 5 N–H and O–H groups in total. The first kappa shape index (κ1) is 21.6. The maximum absolute atomic E-state index is 13.9. The Morgan fingerprint density at radius 3 is 2.71 bits per heavy atom. The second kappa shape index (κ2) is 7.97. The number of rotatable bonds is 5. The number of aromatic hydroxyl groups is 1. The number of nitrogens with zero attached hydrogens (tertiary/aromatic N) is 4. The predicted molar refractivity (Wildman–Crippen MR) is 108 cm³/mol. The van der Waals surface area contributed by atoms with Gasteiger partial charge in [-0.2, -0.15) is 18.2 Å². The van der Waals surface area contributed by atoms with E-state index in [1.54, 1.807) is 0 Å². The van der Waals surface area contributed by atoms with E-state index in [9.17, 15) is 27.5 Å². The quantitative estimate of drug-likeness (QED) is 0.241. The van der Waals surface area contributed by atoms with E-state index in [4.69, 9.17) is 0 Å². The Labute approximate surface area is 186 Å². The molecule has 1 saturated carbocycles. The summed E-state index contributed by atoms with van der Waals surface area (Å²) < 4.78 is 53.7. The van der Waals surface area contributed by atoms with Crippen LogP contribution in [0.3, 0.4) is 0 Å². The van der Waals surface area contributed by atoms with Crippen LogP contribution < -0.4 is 26.8 Å². The van der Waals surface area contributed by atoms with Gasteiger partial charge >= 0.3 is 23.4 Å². The number of hydrogen-bond acceptors (Lipinski definition) is 6. The van der Waals surface area contributed by atoms with Gasteiger partial charge in [-0.15, -0.1) is 5.10 Å². The number of fused-ring (bicyclic) bond motifs is 1. The lowest BCUT2D eigenvalue weighted by Gasteiger charge is -2.09. The third kappa shape index (κ3) is 4.33. The van der Waals surface area contributed by atoms with Gasteiger partial charge in [-0.1, -0.05) is 10.6 Å². The molecular weight excluding hydrogens is 460 g/mol. The van der Waals surface area contributed by atoms with E-state index in [-0.39, 0.29) is 35.7 Å². The Bertz CT molecular complexity index is 1570. The van der Waals surface area contributed by atoms with Crippen LogP contribution in [0.1, 0.15) is 29.7 Å². The van der Waals surface area contributed by atoms with Crippen LogP contribution in [0.5, 0.6) is 5.88 Å². The van der Waals surface area contributed by atoms with Crippen molar-refractivity contribution in [3.8, 4) is 5.88 Å². The minimum absolute atomic E-state index is 0.0345. The van der Waals surface area contributed by atoms with Gasteiger partial charge < -0.3 is 15.4 Å². The summed E-state index contributed by atoms with van der Waals surface area (Å²) in [6.45, 7) is -0.0345. The molecule has 5 rings (SSSR count). The van der Waals surface area contributed by atoms with Crippen LogP contribution in [-0.2, 0) is 12.7 Å². The standard InChI is InChI=1S/C20H16F4N8O2/c21-13-5-9(1-4-12(13)20(22,23)24)7-25-17-29-15-10(6-14-16(33)30-19(34)28-14)8-26-32(15)18(31-17)27-11-2-3-11/h1,4-6,8,11,33H,2-3,7H2,(H,25,27,31)(H2,28,30,34)/p+1. The minimum atomic E-state index is -4.78. The number of aromatic nitrogens is 6. The van der Waals surface area contributed by atoms with Gasteiger partial charge in [0.25, 0.3) is 0 Å². The Morgan fingerprint density at radius 2 is 2.06 bits per heavy atom. The van der Waals surface area contributed by atoms with Crippen LogP contribution in [0, 0.1) is 5.82 Å². The maximum Gasteiger partial charge on any atom is 0.421 e. The molecule has 0 radical (unpaired) electrons. The van der Waals surface area contributed by atoms with E-state index in [2.05, 4.69) is 35.3 Å². The van der Waals surface area contributed by atoms with Crippen molar-refractivity contribution in [2.45, 2.75) is 31.6 Å². The fourth-order valence-electron chi connectivity index (χ4n) is 3.31. The number of nitrogens with one attached hydrogen (secondary N) is 4. The van der Waals surface area contributed by atoms with Crippen LogP contribution in [-0.4, -0.2) is 40.7 Å². The molecule has 1 fully saturated rings. The topological polar surface area (TPSA) is 138 Å². The summed E-state index contributed by atoms with van der Waals surface area (Å²) in [6, 6.07) is 2.88. The molecule has 14 heteroatoms. The number of anilines is 1. The molecule has 0 aliphatic heterocycles. The summed E-state index contributed by atoms with van der Waals surface area (Å²) in [4.78, 5) is 28.1. The van der Waals surface area contributed by atoms with Crippen molar-refractivity contribution in [1.82, 2.24) is 29.5 Å². The van der Waals surface area contributed by atoms with Crippen molar-refractivity contribution in [2.75, 3.05) is 5.32 Å². The number of aromatic amines is 2. The Morgan fingerprint density at radius 1 is 1.26 bits per heavy atom. The Kier molecular flexibility index (Phi) is 5.06. The summed E-state index contributed by atoms with van der Waals surface area (Å²) >= 11 is 0. The largest absolute Gasteiger partial charge is 0.493 e. The molecule has 0 saturated heterocycles. The fourth-order valence-corrected chi connectivity index (χ4v) is 3.31. The van der Waals surface area contributed by atoms with Gasteiger partial charge in [-0.25, -0.2) is 9.18 Å². The first-order valence-corrected chi connectivity index (χ1v) is 10.1. The van der Waals surface area contributed by atoms with Crippen molar-refractivity contribution in [1.29, 1.82) is 0 Å². The van der Waals surface area contributed by atoms with Crippen LogP contribution in [0.2, 0.25) is 0 Å². The highest BCUT2D eigenvalue weighted by Gasteiger charge is 2.33. The Balaban J connectivity index is 1.52. The fraction of sp³-hybridized carbons (Fsp3) is 0.250. The second-order valence-corrected chi connectivity index (χ2v) is 7.78. The van der Waals surface area contributed by atoms with Crippen molar-refractivity contribution < 1.29 is 27.7 Å². The van der Waals surface area contributed by atoms with Crippen molar-refractivity contribution in [2.24, 2.45) is 0 Å². The van der Waals surface area contributed by atoms with Crippen LogP contribution in [0.4, 0.5) is 23.5 Å². The molecule has 1 aliphatic rings. The SMILES string of the molecule is O=c1[nH]c(O)c(C=c2cnn3c(=[NH+]C4CC4)nc(NCc4ccc(C(F)(F)F)c(F)c4)nc23)[nH]1.